The first-order valence-corrected chi connectivity index (χ1v) is 12.8. The van der Waals surface area contributed by atoms with Crippen molar-refractivity contribution in [3.63, 3.8) is 0 Å². The number of phenols is 1. The van der Waals surface area contributed by atoms with Crippen molar-refractivity contribution in [3.8, 4) is 11.5 Å². The molecular formula is C29H24N2O5S. The van der Waals surface area contributed by atoms with E-state index in [0.29, 0.717) is 22.7 Å². The third-order valence-electron chi connectivity index (χ3n) is 6.85. The Bertz CT molecular complexity index is 1640. The summed E-state index contributed by atoms with van der Waals surface area (Å²) in [5, 5.41) is 21.7. The molecule has 1 amide bonds. The molecule has 4 aromatic rings. The second kappa shape index (κ2) is 8.45. The summed E-state index contributed by atoms with van der Waals surface area (Å²) in [6.45, 7) is 5.93. The van der Waals surface area contributed by atoms with Crippen molar-refractivity contribution in [1.82, 2.24) is 4.98 Å². The van der Waals surface area contributed by atoms with Crippen molar-refractivity contribution in [2.75, 3.05) is 4.90 Å². The molecule has 0 radical (unpaired) electrons. The molecule has 1 saturated heterocycles. The number of amides is 1. The maximum Gasteiger partial charge on any atom is 0.301 e. The minimum Gasteiger partial charge on any atom is -0.508 e. The Morgan fingerprint density at radius 2 is 1.84 bits per heavy atom. The summed E-state index contributed by atoms with van der Waals surface area (Å²) in [7, 11) is 0. The fourth-order valence-corrected chi connectivity index (χ4v) is 6.36. The van der Waals surface area contributed by atoms with Gasteiger partial charge >= 0.3 is 5.91 Å². The molecule has 8 heteroatoms. The zero-order chi connectivity index (χ0) is 26.0. The summed E-state index contributed by atoms with van der Waals surface area (Å²) in [6, 6.07) is 14.7. The maximum absolute atomic E-state index is 13.5. The Balaban J connectivity index is 1.54. The van der Waals surface area contributed by atoms with Gasteiger partial charge in [0.05, 0.1) is 21.8 Å². The van der Waals surface area contributed by atoms with Crippen LogP contribution in [0.2, 0.25) is 0 Å². The van der Waals surface area contributed by atoms with Crippen LogP contribution in [0.1, 0.15) is 40.8 Å². The van der Waals surface area contributed by atoms with E-state index in [2.05, 4.69) is 0 Å². The average Bonchev–Trinajstić information content (AvgIpc) is 3.52. The second-order valence-corrected chi connectivity index (χ2v) is 10.6. The van der Waals surface area contributed by atoms with Crippen molar-refractivity contribution in [1.29, 1.82) is 0 Å². The zero-order valence-corrected chi connectivity index (χ0v) is 21.3. The molecule has 2 aliphatic heterocycles. The van der Waals surface area contributed by atoms with Gasteiger partial charge < -0.3 is 14.9 Å². The predicted molar refractivity (Wildman–Crippen MR) is 142 cm³/mol. The van der Waals surface area contributed by atoms with Crippen LogP contribution in [0.15, 0.2) is 60.2 Å². The number of anilines is 1. The highest BCUT2D eigenvalue weighted by molar-refractivity contribution is 7.22. The normalized spacial score (nSPS) is 20.5. The number of carbonyl (C=O) groups excluding carboxylic acids is 2. The molecule has 2 N–H and O–H groups in total. The number of ether oxygens (including phenoxy) is 1. The lowest BCUT2D eigenvalue weighted by molar-refractivity contribution is -0.132. The number of aromatic nitrogens is 1. The van der Waals surface area contributed by atoms with E-state index in [1.807, 2.05) is 32.9 Å². The number of carbonyl (C=O) groups is 2. The van der Waals surface area contributed by atoms with Crippen LogP contribution in [0.3, 0.4) is 0 Å². The summed E-state index contributed by atoms with van der Waals surface area (Å²) in [5.74, 6) is -0.993. The quantitative estimate of drug-likeness (QED) is 0.212. The molecule has 6 rings (SSSR count). The van der Waals surface area contributed by atoms with Gasteiger partial charge in [-0.05, 0) is 79.4 Å². The monoisotopic (exact) mass is 512 g/mol. The van der Waals surface area contributed by atoms with Crippen molar-refractivity contribution in [2.45, 2.75) is 39.3 Å². The van der Waals surface area contributed by atoms with Crippen LogP contribution in [-0.4, -0.2) is 33.0 Å². The number of aryl methyl sites for hydroxylation is 2. The molecule has 3 heterocycles. The molecule has 2 aliphatic rings. The van der Waals surface area contributed by atoms with E-state index in [9.17, 15) is 19.8 Å². The van der Waals surface area contributed by atoms with Gasteiger partial charge in [0.2, 0.25) is 0 Å². The minimum absolute atomic E-state index is 0.0187. The van der Waals surface area contributed by atoms with Crippen LogP contribution in [0.5, 0.6) is 11.5 Å². The fourth-order valence-electron chi connectivity index (χ4n) is 5.19. The highest BCUT2D eigenvalue weighted by atomic mass is 32.1. The average molecular weight is 513 g/mol. The lowest BCUT2D eigenvalue weighted by atomic mass is 9.94. The number of benzene rings is 3. The Morgan fingerprint density at radius 3 is 2.59 bits per heavy atom. The van der Waals surface area contributed by atoms with Crippen LogP contribution in [0, 0.1) is 13.8 Å². The summed E-state index contributed by atoms with van der Waals surface area (Å²) in [6.07, 6.45) is 0.720. The number of phenolic OH excluding ortho intramolecular Hbond substituents is 1. The van der Waals surface area contributed by atoms with Crippen LogP contribution in [0.25, 0.3) is 16.0 Å². The van der Waals surface area contributed by atoms with E-state index >= 15 is 0 Å². The lowest BCUT2D eigenvalue weighted by Gasteiger charge is -2.23. The molecule has 0 spiro atoms. The number of nitrogens with zero attached hydrogens (tertiary/aromatic N) is 2. The van der Waals surface area contributed by atoms with Crippen molar-refractivity contribution in [3.05, 3.63) is 88.0 Å². The predicted octanol–water partition coefficient (Wildman–Crippen LogP) is 5.57. The van der Waals surface area contributed by atoms with E-state index in [4.69, 9.17) is 9.72 Å². The van der Waals surface area contributed by atoms with Crippen molar-refractivity contribution >= 4 is 44.1 Å². The maximum atomic E-state index is 13.5. The number of aliphatic hydroxyl groups is 1. The van der Waals surface area contributed by atoms with Crippen molar-refractivity contribution in [2.24, 2.45) is 0 Å². The molecule has 186 valence electrons. The number of rotatable bonds is 3. The molecule has 3 aromatic carbocycles. The molecule has 0 bridgehead atoms. The van der Waals surface area contributed by atoms with E-state index in [0.717, 1.165) is 32.7 Å². The number of aromatic hydroxyl groups is 1. The number of Topliss-reactive ketones (excluding diaryl/α,β-unsaturated/α-hetero) is 1. The van der Waals surface area contributed by atoms with Gasteiger partial charge in [0.15, 0.2) is 5.13 Å². The number of aliphatic hydroxyl groups excluding tert-OH is 1. The molecule has 0 unspecified atom stereocenters. The van der Waals surface area contributed by atoms with Crippen molar-refractivity contribution < 1.29 is 24.5 Å². The van der Waals surface area contributed by atoms with Gasteiger partial charge in [0.25, 0.3) is 5.78 Å². The van der Waals surface area contributed by atoms with E-state index in [1.165, 1.54) is 28.4 Å². The fraction of sp³-hybridized carbons (Fsp3) is 0.207. The zero-order valence-electron chi connectivity index (χ0n) is 20.5. The third kappa shape index (κ3) is 3.76. The molecule has 2 atom stereocenters. The SMILES string of the molecule is Cc1cc(C)c2nc(N3C(=O)C(=O)C(=C(O)c4ccc5c(c4)C[C@H](C)O5)[C@H]3c3ccc(O)cc3)sc2c1. The Hall–Kier alpha value is -4.17. The molecule has 37 heavy (non-hydrogen) atoms. The number of fused-ring (bicyclic) bond motifs is 2. The van der Waals surface area contributed by atoms with Crippen LogP contribution < -0.4 is 9.64 Å². The van der Waals surface area contributed by atoms with Gasteiger partial charge in [-0.3, -0.25) is 14.5 Å². The van der Waals surface area contributed by atoms with Gasteiger partial charge in [-0.1, -0.05) is 29.5 Å². The molecule has 1 fully saturated rings. The number of thiazole rings is 1. The second-order valence-electron chi connectivity index (χ2n) is 9.64. The van der Waals surface area contributed by atoms with Crippen LogP contribution in [0.4, 0.5) is 5.13 Å². The summed E-state index contributed by atoms with van der Waals surface area (Å²) < 4.78 is 6.68. The summed E-state index contributed by atoms with van der Waals surface area (Å²) >= 11 is 1.33. The molecule has 1 aromatic heterocycles. The lowest BCUT2D eigenvalue weighted by Crippen LogP contribution is -2.29. The first-order chi connectivity index (χ1) is 17.7. The third-order valence-corrected chi connectivity index (χ3v) is 7.85. The van der Waals surface area contributed by atoms with Crippen LogP contribution >= 0.6 is 11.3 Å². The minimum atomic E-state index is -0.911. The first-order valence-electron chi connectivity index (χ1n) is 12.0. The van der Waals surface area contributed by atoms with Gasteiger partial charge in [0.1, 0.15) is 23.4 Å². The number of hydrogen-bond acceptors (Lipinski definition) is 7. The van der Waals surface area contributed by atoms with E-state index in [1.54, 1.807) is 30.3 Å². The number of ketones is 1. The molecule has 0 aliphatic carbocycles. The Morgan fingerprint density at radius 1 is 1.08 bits per heavy atom. The van der Waals surface area contributed by atoms with Gasteiger partial charge in [-0.25, -0.2) is 4.98 Å². The smallest absolute Gasteiger partial charge is 0.301 e. The van der Waals surface area contributed by atoms with Gasteiger partial charge in [-0.2, -0.15) is 0 Å². The molecule has 0 saturated carbocycles. The summed E-state index contributed by atoms with van der Waals surface area (Å²) in [5.41, 5.74) is 4.75. The van der Waals surface area contributed by atoms with E-state index in [-0.39, 0.29) is 23.2 Å². The largest absolute Gasteiger partial charge is 0.508 e. The van der Waals surface area contributed by atoms with Crippen LogP contribution in [-0.2, 0) is 16.0 Å². The number of hydrogen-bond donors (Lipinski definition) is 2. The molecular weight excluding hydrogens is 488 g/mol. The summed E-state index contributed by atoms with van der Waals surface area (Å²) in [4.78, 5) is 33.1. The highest BCUT2D eigenvalue weighted by Gasteiger charge is 2.48. The standard InChI is InChI=1S/C29H24N2O5S/c1-14-10-15(2)24-22(11-14)37-29(30-24)31-25(17-4-7-20(32)8-5-17)23(27(34)28(31)35)26(33)18-6-9-21-19(13-18)12-16(3)36-21/h4-11,13,16,25,32-33H,12H2,1-3H3/t16-,25+/m0/s1. The highest BCUT2D eigenvalue weighted by Crippen LogP contribution is 2.45. The molecule has 7 nitrogen and oxygen atoms in total. The topological polar surface area (TPSA) is 100.0 Å². The first kappa shape index (κ1) is 23.2. The Labute approximate surface area is 217 Å². The van der Waals surface area contributed by atoms with Gasteiger partial charge in [0, 0.05) is 12.0 Å². The Kier molecular flexibility index (Phi) is 5.31. The van der Waals surface area contributed by atoms with Gasteiger partial charge in [-0.15, -0.1) is 0 Å². The van der Waals surface area contributed by atoms with E-state index < -0.39 is 17.7 Å².